The number of carbonyl (C=O) groups is 1. The van der Waals surface area contributed by atoms with Gasteiger partial charge in [0.05, 0.1) is 0 Å². The number of rotatable bonds is 5. The molecule has 16 heavy (non-hydrogen) atoms. The number of hydrogen-bond donors (Lipinski definition) is 0. The summed E-state index contributed by atoms with van der Waals surface area (Å²) in [4.78, 5) is 11.6. The van der Waals surface area contributed by atoms with E-state index in [1.165, 1.54) is 20.0 Å². The Morgan fingerprint density at radius 1 is 1.56 bits per heavy atom. The third-order valence-electron chi connectivity index (χ3n) is 2.50. The van der Waals surface area contributed by atoms with E-state index in [2.05, 4.69) is 13.8 Å². The molecule has 94 valence electrons. The molecule has 2 atom stereocenters. The Morgan fingerprint density at radius 3 is 2.81 bits per heavy atom. The van der Waals surface area contributed by atoms with Gasteiger partial charge in [-0.25, -0.2) is 0 Å². The molecule has 0 aromatic rings. The molecule has 1 aliphatic heterocycles. The van der Waals surface area contributed by atoms with Gasteiger partial charge < -0.3 is 0 Å². The zero-order chi connectivity index (χ0) is 12.2. The molecule has 1 heterocycles. The molecule has 5 heteroatoms. The predicted molar refractivity (Wildman–Crippen MR) is 67.8 cm³/mol. The number of thioether (sulfide) groups is 1. The van der Waals surface area contributed by atoms with E-state index in [0.717, 1.165) is 11.1 Å². The fourth-order valence-corrected chi connectivity index (χ4v) is 6.02. The first-order valence-electron chi connectivity index (χ1n) is 5.52. The van der Waals surface area contributed by atoms with Crippen LogP contribution in [0.5, 0.6) is 0 Å². The van der Waals surface area contributed by atoms with E-state index in [4.69, 9.17) is 9.47 Å². The van der Waals surface area contributed by atoms with Gasteiger partial charge in [-0.05, 0) is 0 Å². The number of carbonyl (C=O) groups excluding carboxylic acids is 1. The average Bonchev–Trinajstić information content (AvgIpc) is 2.56. The standard InChI is InChI=1S/C11H20O3SSe/c1-5-6-7-15-11(3)14-10(2,8-16-11)9(12)13-4/h5-8H2,1-4H3/t10-,11-/m0/s1. The van der Waals surface area contributed by atoms with Gasteiger partial charge in [0.15, 0.2) is 0 Å². The Hall–Kier alpha value is 0.299. The zero-order valence-corrected chi connectivity index (χ0v) is 12.9. The van der Waals surface area contributed by atoms with Crippen molar-refractivity contribution in [1.82, 2.24) is 0 Å². The average molecular weight is 311 g/mol. The van der Waals surface area contributed by atoms with Gasteiger partial charge in [-0.2, -0.15) is 0 Å². The second kappa shape index (κ2) is 5.76. The number of unbranched alkanes of at least 4 members (excludes halogenated alkanes) is 1. The van der Waals surface area contributed by atoms with Crippen molar-refractivity contribution < 1.29 is 14.3 Å². The number of methoxy groups -OCH3 is 1. The van der Waals surface area contributed by atoms with Crippen LogP contribution in [0, 0.1) is 0 Å². The second-order valence-electron chi connectivity index (χ2n) is 4.18. The topological polar surface area (TPSA) is 35.5 Å². The van der Waals surface area contributed by atoms with Crippen molar-refractivity contribution in [3.8, 4) is 0 Å². The van der Waals surface area contributed by atoms with E-state index in [1.807, 2.05) is 18.7 Å². The molecule has 1 saturated heterocycles. The van der Waals surface area contributed by atoms with Crippen molar-refractivity contribution in [2.45, 2.75) is 48.4 Å². The van der Waals surface area contributed by atoms with Crippen LogP contribution in [-0.4, -0.2) is 43.2 Å². The number of hydrogen-bond acceptors (Lipinski definition) is 4. The summed E-state index contributed by atoms with van der Waals surface area (Å²) in [7, 11) is 1.42. The van der Waals surface area contributed by atoms with Gasteiger partial charge >= 0.3 is 108 Å². The molecular formula is C11H20O3SSe. The van der Waals surface area contributed by atoms with Crippen LogP contribution in [0.1, 0.15) is 33.6 Å². The summed E-state index contributed by atoms with van der Waals surface area (Å²) in [6.45, 7) is 6.12. The van der Waals surface area contributed by atoms with Crippen LogP contribution in [0.25, 0.3) is 0 Å². The van der Waals surface area contributed by atoms with Crippen molar-refractivity contribution >= 4 is 32.7 Å². The molecule has 1 aliphatic rings. The molecule has 0 aliphatic carbocycles. The minimum absolute atomic E-state index is 0.162. The summed E-state index contributed by atoms with van der Waals surface area (Å²) in [5, 5.41) is 0.808. The Bertz CT molecular complexity index is 262. The third-order valence-corrected chi connectivity index (χ3v) is 7.69. The summed E-state index contributed by atoms with van der Waals surface area (Å²) in [6.07, 6.45) is 2.40. The summed E-state index contributed by atoms with van der Waals surface area (Å²) in [6, 6.07) is 0. The Morgan fingerprint density at radius 2 is 2.25 bits per heavy atom. The van der Waals surface area contributed by atoms with Gasteiger partial charge in [0, 0.05) is 0 Å². The van der Waals surface area contributed by atoms with E-state index in [9.17, 15) is 4.79 Å². The molecule has 0 spiro atoms. The fraction of sp³-hybridized carbons (Fsp3) is 0.909. The van der Waals surface area contributed by atoms with Crippen LogP contribution in [0.3, 0.4) is 0 Å². The van der Waals surface area contributed by atoms with E-state index >= 15 is 0 Å². The van der Waals surface area contributed by atoms with E-state index in [0.29, 0.717) is 15.0 Å². The van der Waals surface area contributed by atoms with Gasteiger partial charge in [0.25, 0.3) is 0 Å². The van der Waals surface area contributed by atoms with E-state index < -0.39 is 5.60 Å². The maximum absolute atomic E-state index is 11.6. The predicted octanol–water partition coefficient (Wildman–Crippen LogP) is 2.28. The van der Waals surface area contributed by atoms with Crippen LogP contribution in [0.4, 0.5) is 0 Å². The summed E-state index contributed by atoms with van der Waals surface area (Å²) < 4.78 is 10.6. The van der Waals surface area contributed by atoms with Crippen molar-refractivity contribution in [3.63, 3.8) is 0 Å². The first kappa shape index (κ1) is 14.4. The van der Waals surface area contributed by atoms with Crippen LogP contribution in [0.15, 0.2) is 0 Å². The van der Waals surface area contributed by atoms with Crippen molar-refractivity contribution in [1.29, 1.82) is 0 Å². The molecule has 1 fully saturated rings. The molecule has 0 amide bonds. The van der Waals surface area contributed by atoms with Crippen LogP contribution in [0.2, 0.25) is 5.32 Å². The maximum atomic E-state index is 11.6. The molecule has 1 rings (SSSR count). The molecule has 0 N–H and O–H groups in total. The van der Waals surface area contributed by atoms with Gasteiger partial charge in [0.2, 0.25) is 0 Å². The Labute approximate surface area is 108 Å². The molecule has 0 saturated carbocycles. The molecule has 0 radical (unpaired) electrons. The third kappa shape index (κ3) is 3.39. The molecule has 0 bridgehead atoms. The molecule has 3 nitrogen and oxygen atoms in total. The van der Waals surface area contributed by atoms with Gasteiger partial charge in [-0.3, -0.25) is 0 Å². The van der Waals surface area contributed by atoms with Crippen LogP contribution < -0.4 is 0 Å². The number of esters is 1. The summed E-state index contributed by atoms with van der Waals surface area (Å²) in [5.74, 6) is 0.862. The van der Waals surface area contributed by atoms with Crippen LogP contribution in [-0.2, 0) is 14.3 Å². The SMILES string of the molecule is CCCCS[C@]1(C)O[C@](C)(C(=O)OC)C[Se]1. The normalized spacial score (nSPS) is 34.0. The van der Waals surface area contributed by atoms with Crippen LogP contribution >= 0.6 is 11.8 Å². The van der Waals surface area contributed by atoms with E-state index in [1.54, 1.807) is 0 Å². The molecule has 0 aromatic carbocycles. The zero-order valence-electron chi connectivity index (χ0n) is 10.4. The summed E-state index contributed by atoms with van der Waals surface area (Å²) in [5.41, 5.74) is -0.720. The Kier molecular flexibility index (Phi) is 5.17. The molecular weight excluding hydrogens is 291 g/mol. The molecule has 0 aromatic heterocycles. The van der Waals surface area contributed by atoms with Gasteiger partial charge in [0.1, 0.15) is 0 Å². The van der Waals surface area contributed by atoms with Gasteiger partial charge in [-0.1, -0.05) is 0 Å². The minimum atomic E-state index is -0.720. The monoisotopic (exact) mass is 312 g/mol. The second-order valence-corrected chi connectivity index (χ2v) is 9.08. The first-order valence-corrected chi connectivity index (χ1v) is 8.57. The number of ether oxygens (including phenoxy) is 2. The first-order chi connectivity index (χ1) is 7.46. The summed E-state index contributed by atoms with van der Waals surface area (Å²) >= 11 is 2.17. The Balaban J connectivity index is 2.52. The van der Waals surface area contributed by atoms with Crippen molar-refractivity contribution in [2.75, 3.05) is 12.9 Å². The van der Waals surface area contributed by atoms with Gasteiger partial charge in [-0.15, -0.1) is 0 Å². The van der Waals surface area contributed by atoms with Crippen molar-refractivity contribution in [3.05, 3.63) is 0 Å². The fourth-order valence-electron chi connectivity index (χ4n) is 1.53. The quantitative estimate of drug-likeness (QED) is 0.443. The van der Waals surface area contributed by atoms with Crippen molar-refractivity contribution in [2.24, 2.45) is 0 Å². The van der Waals surface area contributed by atoms with E-state index in [-0.39, 0.29) is 9.80 Å². The molecule has 0 unspecified atom stereocenters.